The van der Waals surface area contributed by atoms with Crippen LogP contribution in [0.5, 0.6) is 0 Å². The van der Waals surface area contributed by atoms with Crippen LogP contribution in [0.2, 0.25) is 0 Å². The summed E-state index contributed by atoms with van der Waals surface area (Å²) >= 11 is 0. The van der Waals surface area contributed by atoms with Crippen molar-refractivity contribution >= 4 is 17.5 Å². The monoisotopic (exact) mass is 294 g/mol. The van der Waals surface area contributed by atoms with Gasteiger partial charge in [0.25, 0.3) is 0 Å². The molecule has 1 atom stereocenters. The largest absolute Gasteiger partial charge is 0.360 e. The number of aromatic nitrogens is 2. The van der Waals surface area contributed by atoms with Crippen LogP contribution in [0.15, 0.2) is 0 Å². The van der Waals surface area contributed by atoms with Crippen molar-refractivity contribution in [3.63, 3.8) is 0 Å². The van der Waals surface area contributed by atoms with Gasteiger partial charge >= 0.3 is 5.69 Å². The Labute approximate surface area is 124 Å². The van der Waals surface area contributed by atoms with Gasteiger partial charge in [0.2, 0.25) is 11.8 Å². The molecule has 0 radical (unpaired) electrons. The summed E-state index contributed by atoms with van der Waals surface area (Å²) in [5.41, 5.74) is 0.303. The van der Waals surface area contributed by atoms with E-state index in [-0.39, 0.29) is 17.5 Å². The Morgan fingerprint density at radius 2 is 2.05 bits per heavy atom. The van der Waals surface area contributed by atoms with E-state index in [1.807, 2.05) is 6.92 Å². The van der Waals surface area contributed by atoms with Gasteiger partial charge in [-0.3, -0.25) is 10.1 Å². The standard InChI is InChI=1S/C13H22N6O2/c1-9(8-18-6-4-5-7-18)15-12-11(19(20)21)10(2)16-13(14-3)17-12/h9H,4-8H2,1-3H3,(H2,14,15,16,17). The Balaban J connectivity index is 2.16. The van der Waals surface area contributed by atoms with E-state index in [0.29, 0.717) is 11.6 Å². The number of hydrogen-bond donors (Lipinski definition) is 2. The minimum atomic E-state index is -0.431. The molecule has 1 aliphatic rings. The molecule has 0 spiro atoms. The van der Waals surface area contributed by atoms with Crippen LogP contribution in [-0.4, -0.2) is 52.5 Å². The molecule has 1 aromatic heterocycles. The second kappa shape index (κ2) is 6.66. The average Bonchev–Trinajstić information content (AvgIpc) is 2.90. The van der Waals surface area contributed by atoms with Crippen molar-refractivity contribution in [2.75, 3.05) is 37.3 Å². The maximum atomic E-state index is 11.2. The molecule has 2 heterocycles. The van der Waals surface area contributed by atoms with E-state index >= 15 is 0 Å². The Hall–Kier alpha value is -1.96. The molecular formula is C13H22N6O2. The van der Waals surface area contributed by atoms with Crippen LogP contribution in [0.4, 0.5) is 17.5 Å². The van der Waals surface area contributed by atoms with Gasteiger partial charge in [-0.1, -0.05) is 0 Å². The van der Waals surface area contributed by atoms with Crippen LogP contribution >= 0.6 is 0 Å². The Kier molecular flexibility index (Phi) is 4.89. The number of anilines is 2. The third kappa shape index (κ3) is 3.78. The molecule has 2 N–H and O–H groups in total. The molecular weight excluding hydrogens is 272 g/mol. The first-order valence-electron chi connectivity index (χ1n) is 7.21. The highest BCUT2D eigenvalue weighted by atomic mass is 16.6. The van der Waals surface area contributed by atoms with Crippen molar-refractivity contribution in [3.05, 3.63) is 15.8 Å². The van der Waals surface area contributed by atoms with Crippen LogP contribution in [0, 0.1) is 17.0 Å². The van der Waals surface area contributed by atoms with Crippen molar-refractivity contribution < 1.29 is 4.92 Å². The van der Waals surface area contributed by atoms with E-state index in [4.69, 9.17) is 0 Å². The molecule has 1 saturated heterocycles. The smallest absolute Gasteiger partial charge is 0.332 e. The highest BCUT2D eigenvalue weighted by Crippen LogP contribution is 2.27. The second-order valence-corrected chi connectivity index (χ2v) is 5.39. The van der Waals surface area contributed by atoms with Gasteiger partial charge in [0.1, 0.15) is 5.69 Å². The highest BCUT2D eigenvalue weighted by Gasteiger charge is 2.24. The molecule has 1 aromatic rings. The van der Waals surface area contributed by atoms with Crippen LogP contribution < -0.4 is 10.6 Å². The summed E-state index contributed by atoms with van der Waals surface area (Å²) in [7, 11) is 1.69. The van der Waals surface area contributed by atoms with Crippen LogP contribution in [0.25, 0.3) is 0 Å². The molecule has 8 heteroatoms. The minimum Gasteiger partial charge on any atom is -0.360 e. The van der Waals surface area contributed by atoms with Gasteiger partial charge < -0.3 is 15.5 Å². The number of aryl methyl sites for hydroxylation is 1. The molecule has 0 bridgehead atoms. The Morgan fingerprint density at radius 3 is 2.62 bits per heavy atom. The van der Waals surface area contributed by atoms with Gasteiger partial charge in [-0.15, -0.1) is 0 Å². The van der Waals surface area contributed by atoms with E-state index in [1.165, 1.54) is 12.8 Å². The number of nitrogens with zero attached hydrogens (tertiary/aromatic N) is 4. The summed E-state index contributed by atoms with van der Waals surface area (Å²) in [6.07, 6.45) is 2.45. The number of hydrogen-bond acceptors (Lipinski definition) is 7. The fraction of sp³-hybridized carbons (Fsp3) is 0.692. The second-order valence-electron chi connectivity index (χ2n) is 5.39. The maximum absolute atomic E-state index is 11.2. The van der Waals surface area contributed by atoms with Crippen molar-refractivity contribution in [1.82, 2.24) is 14.9 Å². The molecule has 1 aliphatic heterocycles. The molecule has 0 aliphatic carbocycles. The lowest BCUT2D eigenvalue weighted by Crippen LogP contribution is -2.33. The van der Waals surface area contributed by atoms with Gasteiger partial charge in [0.15, 0.2) is 0 Å². The van der Waals surface area contributed by atoms with Crippen LogP contribution in [0.1, 0.15) is 25.5 Å². The zero-order chi connectivity index (χ0) is 15.4. The molecule has 0 amide bonds. The van der Waals surface area contributed by atoms with Gasteiger partial charge in [-0.05, 0) is 39.8 Å². The Bertz CT molecular complexity index is 516. The first kappa shape index (κ1) is 15.4. The fourth-order valence-corrected chi connectivity index (χ4v) is 2.63. The van der Waals surface area contributed by atoms with Gasteiger partial charge in [-0.2, -0.15) is 4.98 Å². The third-order valence-electron chi connectivity index (χ3n) is 3.58. The molecule has 21 heavy (non-hydrogen) atoms. The van der Waals surface area contributed by atoms with Crippen molar-refractivity contribution in [1.29, 1.82) is 0 Å². The molecule has 0 aromatic carbocycles. The normalized spacial score (nSPS) is 16.7. The molecule has 1 fully saturated rings. The van der Waals surface area contributed by atoms with Gasteiger partial charge in [-0.25, -0.2) is 4.98 Å². The van der Waals surface area contributed by atoms with E-state index < -0.39 is 4.92 Å². The van der Waals surface area contributed by atoms with Crippen LogP contribution in [0.3, 0.4) is 0 Å². The first-order valence-corrected chi connectivity index (χ1v) is 7.21. The molecule has 2 rings (SSSR count). The topological polar surface area (TPSA) is 96.2 Å². The SMILES string of the molecule is CNc1nc(C)c([N+](=O)[O-])c(NC(C)CN2CCCC2)n1. The lowest BCUT2D eigenvalue weighted by molar-refractivity contribution is -0.385. The van der Waals surface area contributed by atoms with Crippen molar-refractivity contribution in [2.24, 2.45) is 0 Å². The Morgan fingerprint density at radius 1 is 1.38 bits per heavy atom. The summed E-state index contributed by atoms with van der Waals surface area (Å²) in [4.78, 5) is 21.4. The van der Waals surface area contributed by atoms with Gasteiger partial charge in [0.05, 0.1) is 4.92 Å². The molecule has 116 valence electrons. The van der Waals surface area contributed by atoms with E-state index in [1.54, 1.807) is 14.0 Å². The average molecular weight is 294 g/mol. The zero-order valence-corrected chi connectivity index (χ0v) is 12.7. The predicted octanol–water partition coefficient (Wildman–Crippen LogP) is 1.63. The summed E-state index contributed by atoms with van der Waals surface area (Å²) in [6, 6.07) is 0.0841. The van der Waals surface area contributed by atoms with Crippen LogP contribution in [-0.2, 0) is 0 Å². The summed E-state index contributed by atoms with van der Waals surface area (Å²) in [5.74, 6) is 0.664. The lowest BCUT2D eigenvalue weighted by Gasteiger charge is -2.21. The predicted molar refractivity (Wildman–Crippen MR) is 81.7 cm³/mol. The molecule has 1 unspecified atom stereocenters. The van der Waals surface area contributed by atoms with Gasteiger partial charge in [0, 0.05) is 19.6 Å². The van der Waals surface area contributed by atoms with E-state index in [0.717, 1.165) is 19.6 Å². The highest BCUT2D eigenvalue weighted by molar-refractivity contribution is 5.61. The number of nitrogens with one attached hydrogen (secondary N) is 2. The number of nitro groups is 1. The van der Waals surface area contributed by atoms with E-state index in [9.17, 15) is 10.1 Å². The number of likely N-dealkylation sites (tertiary alicyclic amines) is 1. The van der Waals surface area contributed by atoms with E-state index in [2.05, 4.69) is 25.5 Å². The first-order chi connectivity index (χ1) is 10.0. The fourth-order valence-electron chi connectivity index (χ4n) is 2.63. The summed E-state index contributed by atoms with van der Waals surface area (Å²) in [5, 5.41) is 17.2. The van der Waals surface area contributed by atoms with Crippen molar-refractivity contribution in [3.8, 4) is 0 Å². The summed E-state index contributed by atoms with van der Waals surface area (Å²) in [6.45, 7) is 6.68. The zero-order valence-electron chi connectivity index (χ0n) is 12.7. The molecule has 8 nitrogen and oxygen atoms in total. The quantitative estimate of drug-likeness (QED) is 0.608. The minimum absolute atomic E-state index is 0.0535. The third-order valence-corrected chi connectivity index (χ3v) is 3.58. The molecule has 0 saturated carbocycles. The maximum Gasteiger partial charge on any atom is 0.332 e. The number of rotatable bonds is 6. The summed E-state index contributed by atoms with van der Waals surface area (Å²) < 4.78 is 0. The van der Waals surface area contributed by atoms with Crippen molar-refractivity contribution in [2.45, 2.75) is 32.7 Å². The lowest BCUT2D eigenvalue weighted by atomic mass is 10.3.